The van der Waals surface area contributed by atoms with Crippen LogP contribution in [0, 0.1) is 0 Å². The molecule has 2 aromatic carbocycles. The van der Waals surface area contributed by atoms with Gasteiger partial charge in [0.1, 0.15) is 5.82 Å². The van der Waals surface area contributed by atoms with Gasteiger partial charge in [0.05, 0.1) is 11.0 Å². The number of benzene rings is 2. The highest BCUT2D eigenvalue weighted by Gasteiger charge is 2.17. The van der Waals surface area contributed by atoms with Gasteiger partial charge in [0, 0.05) is 24.2 Å². The summed E-state index contributed by atoms with van der Waals surface area (Å²) in [6.07, 6.45) is 1.05. The van der Waals surface area contributed by atoms with Gasteiger partial charge in [-0.05, 0) is 42.3 Å². The van der Waals surface area contributed by atoms with Crippen LogP contribution in [0.25, 0.3) is 22.4 Å². The minimum absolute atomic E-state index is 0.747. The fraction of sp³-hybridized carbons (Fsp3) is 0.235. The van der Waals surface area contributed by atoms with Gasteiger partial charge < -0.3 is 9.88 Å². The SMILES string of the molecule is Cn1c(-c2cccc3c2CCNC3)nc2ccc(Cl)cc21. The lowest BCUT2D eigenvalue weighted by Gasteiger charge is -2.20. The number of imidazole rings is 1. The van der Waals surface area contributed by atoms with Gasteiger partial charge in [0.25, 0.3) is 0 Å². The summed E-state index contributed by atoms with van der Waals surface area (Å²) in [5.74, 6) is 1.02. The molecule has 0 saturated carbocycles. The number of aryl methyl sites for hydroxylation is 1. The van der Waals surface area contributed by atoms with Gasteiger partial charge in [-0.3, -0.25) is 0 Å². The molecule has 0 radical (unpaired) electrons. The van der Waals surface area contributed by atoms with Crippen LogP contribution in [0.3, 0.4) is 0 Å². The average Bonchev–Trinajstić information content (AvgIpc) is 2.83. The van der Waals surface area contributed by atoms with E-state index in [-0.39, 0.29) is 0 Å². The maximum Gasteiger partial charge on any atom is 0.141 e. The molecule has 2 heterocycles. The molecule has 0 fully saturated rings. The Kier molecular flexibility index (Phi) is 2.98. The zero-order valence-corrected chi connectivity index (χ0v) is 12.6. The topological polar surface area (TPSA) is 29.9 Å². The first-order chi connectivity index (χ1) is 10.2. The molecule has 1 aliphatic heterocycles. The van der Waals surface area contributed by atoms with Gasteiger partial charge in [0.2, 0.25) is 0 Å². The Morgan fingerprint density at radius 1 is 1.24 bits per heavy atom. The normalized spacial score (nSPS) is 14.4. The van der Waals surface area contributed by atoms with Crippen molar-refractivity contribution in [2.45, 2.75) is 13.0 Å². The molecular weight excluding hydrogens is 282 g/mol. The van der Waals surface area contributed by atoms with Crippen molar-refractivity contribution in [3.05, 3.63) is 52.5 Å². The Morgan fingerprint density at radius 3 is 3.05 bits per heavy atom. The predicted octanol–water partition coefficient (Wildman–Crippen LogP) is 3.54. The number of nitrogens with one attached hydrogen (secondary N) is 1. The van der Waals surface area contributed by atoms with E-state index < -0.39 is 0 Å². The number of halogens is 1. The molecule has 1 aliphatic rings. The van der Waals surface area contributed by atoms with E-state index in [1.165, 1.54) is 16.7 Å². The minimum Gasteiger partial charge on any atom is -0.327 e. The highest BCUT2D eigenvalue weighted by atomic mass is 35.5. The molecule has 0 spiro atoms. The molecular formula is C17H16ClN3. The average molecular weight is 298 g/mol. The summed E-state index contributed by atoms with van der Waals surface area (Å²) in [6.45, 7) is 1.97. The number of fused-ring (bicyclic) bond motifs is 2. The Bertz CT molecular complexity index is 835. The van der Waals surface area contributed by atoms with Gasteiger partial charge in [0.15, 0.2) is 0 Å². The molecule has 0 unspecified atom stereocenters. The number of rotatable bonds is 1. The van der Waals surface area contributed by atoms with Crippen molar-refractivity contribution in [3.8, 4) is 11.4 Å². The molecule has 4 heteroatoms. The van der Waals surface area contributed by atoms with E-state index in [0.717, 1.165) is 41.4 Å². The van der Waals surface area contributed by atoms with Crippen molar-refractivity contribution in [2.24, 2.45) is 7.05 Å². The second-order valence-corrected chi connectivity index (χ2v) is 5.93. The van der Waals surface area contributed by atoms with Crippen LogP contribution >= 0.6 is 11.6 Å². The first-order valence-electron chi connectivity index (χ1n) is 7.18. The maximum atomic E-state index is 6.11. The van der Waals surface area contributed by atoms with E-state index >= 15 is 0 Å². The van der Waals surface area contributed by atoms with Gasteiger partial charge in [-0.25, -0.2) is 4.98 Å². The molecule has 106 valence electrons. The van der Waals surface area contributed by atoms with Gasteiger partial charge in [-0.1, -0.05) is 29.8 Å². The number of nitrogens with zero attached hydrogens (tertiary/aromatic N) is 2. The lowest BCUT2D eigenvalue weighted by molar-refractivity contribution is 0.644. The molecule has 0 aliphatic carbocycles. The molecule has 1 aromatic heterocycles. The summed E-state index contributed by atoms with van der Waals surface area (Å²) < 4.78 is 2.14. The van der Waals surface area contributed by atoms with Crippen LogP contribution in [0.2, 0.25) is 5.02 Å². The first kappa shape index (κ1) is 12.9. The van der Waals surface area contributed by atoms with Crippen molar-refractivity contribution in [2.75, 3.05) is 6.54 Å². The summed E-state index contributed by atoms with van der Waals surface area (Å²) in [5.41, 5.74) is 6.10. The van der Waals surface area contributed by atoms with E-state index in [2.05, 4.69) is 35.1 Å². The fourth-order valence-corrected chi connectivity index (χ4v) is 3.31. The van der Waals surface area contributed by atoms with Crippen LogP contribution in [0.15, 0.2) is 36.4 Å². The van der Waals surface area contributed by atoms with Crippen LogP contribution in [-0.4, -0.2) is 16.1 Å². The molecule has 0 saturated heterocycles. The molecule has 4 rings (SSSR count). The number of hydrogen-bond donors (Lipinski definition) is 1. The Hall–Kier alpha value is -1.84. The van der Waals surface area contributed by atoms with Crippen molar-refractivity contribution < 1.29 is 0 Å². The van der Waals surface area contributed by atoms with Gasteiger partial charge in [-0.2, -0.15) is 0 Å². The summed E-state index contributed by atoms with van der Waals surface area (Å²) in [4.78, 5) is 4.82. The lowest BCUT2D eigenvalue weighted by Crippen LogP contribution is -2.24. The Balaban J connectivity index is 1.97. The van der Waals surface area contributed by atoms with Crippen LogP contribution in [-0.2, 0) is 20.0 Å². The van der Waals surface area contributed by atoms with Crippen LogP contribution in [0.1, 0.15) is 11.1 Å². The zero-order chi connectivity index (χ0) is 14.4. The fourth-order valence-electron chi connectivity index (χ4n) is 3.15. The Labute approximate surface area is 128 Å². The Morgan fingerprint density at radius 2 is 2.14 bits per heavy atom. The molecule has 0 bridgehead atoms. The second kappa shape index (κ2) is 4.86. The highest BCUT2D eigenvalue weighted by molar-refractivity contribution is 6.31. The third-order valence-corrected chi connectivity index (χ3v) is 4.46. The van der Waals surface area contributed by atoms with E-state index in [0.29, 0.717) is 0 Å². The molecule has 0 amide bonds. The second-order valence-electron chi connectivity index (χ2n) is 5.50. The van der Waals surface area contributed by atoms with Crippen LogP contribution < -0.4 is 5.32 Å². The van der Waals surface area contributed by atoms with Gasteiger partial charge >= 0.3 is 0 Å². The number of aromatic nitrogens is 2. The first-order valence-corrected chi connectivity index (χ1v) is 7.55. The van der Waals surface area contributed by atoms with E-state index in [4.69, 9.17) is 16.6 Å². The van der Waals surface area contributed by atoms with Crippen LogP contribution in [0.4, 0.5) is 0 Å². The van der Waals surface area contributed by atoms with Crippen molar-refractivity contribution in [1.29, 1.82) is 0 Å². The third-order valence-electron chi connectivity index (χ3n) is 4.22. The third kappa shape index (κ3) is 2.04. The monoisotopic (exact) mass is 297 g/mol. The predicted molar refractivity (Wildman–Crippen MR) is 86.6 cm³/mol. The largest absolute Gasteiger partial charge is 0.327 e. The highest BCUT2D eigenvalue weighted by Crippen LogP contribution is 2.30. The van der Waals surface area contributed by atoms with Crippen molar-refractivity contribution >= 4 is 22.6 Å². The summed E-state index contributed by atoms with van der Waals surface area (Å²) in [5, 5.41) is 4.17. The zero-order valence-electron chi connectivity index (χ0n) is 11.9. The summed E-state index contributed by atoms with van der Waals surface area (Å²) in [7, 11) is 2.06. The number of hydrogen-bond acceptors (Lipinski definition) is 2. The van der Waals surface area contributed by atoms with E-state index in [1.54, 1.807) is 0 Å². The lowest BCUT2D eigenvalue weighted by atomic mass is 9.95. The summed E-state index contributed by atoms with van der Waals surface area (Å²) in [6, 6.07) is 12.3. The van der Waals surface area contributed by atoms with Crippen molar-refractivity contribution in [3.63, 3.8) is 0 Å². The molecule has 3 aromatic rings. The van der Waals surface area contributed by atoms with E-state index in [9.17, 15) is 0 Å². The van der Waals surface area contributed by atoms with Crippen LogP contribution in [0.5, 0.6) is 0 Å². The quantitative estimate of drug-likeness (QED) is 0.744. The standard InChI is InChI=1S/C17H16ClN3/c1-21-16-9-12(18)5-6-15(16)20-17(21)14-4-2-3-11-10-19-8-7-13(11)14/h2-6,9,19H,7-8,10H2,1H3. The van der Waals surface area contributed by atoms with Crippen molar-refractivity contribution in [1.82, 2.24) is 14.9 Å². The van der Waals surface area contributed by atoms with E-state index in [1.807, 2.05) is 18.2 Å². The summed E-state index contributed by atoms with van der Waals surface area (Å²) >= 11 is 6.11. The molecule has 0 atom stereocenters. The molecule has 1 N–H and O–H groups in total. The van der Waals surface area contributed by atoms with Gasteiger partial charge in [-0.15, -0.1) is 0 Å². The smallest absolute Gasteiger partial charge is 0.141 e. The molecule has 3 nitrogen and oxygen atoms in total. The molecule has 21 heavy (non-hydrogen) atoms. The maximum absolute atomic E-state index is 6.11. The minimum atomic E-state index is 0.747.